The van der Waals surface area contributed by atoms with Crippen LogP contribution in [0.1, 0.15) is 5.56 Å². The van der Waals surface area contributed by atoms with Crippen molar-refractivity contribution in [2.45, 2.75) is 6.42 Å². The Hall–Kier alpha value is -2.95. The molecule has 5 nitrogen and oxygen atoms in total. The Labute approximate surface area is 127 Å². The molecule has 0 radical (unpaired) electrons. The van der Waals surface area contributed by atoms with Gasteiger partial charge in [-0.3, -0.25) is 0 Å². The molecule has 0 saturated heterocycles. The normalized spacial score (nSPS) is 11.1. The molecular formula is C17H15N5. The molecule has 0 bridgehead atoms. The minimum absolute atomic E-state index is 0.715. The molecule has 0 aliphatic heterocycles. The Morgan fingerprint density at radius 3 is 2.86 bits per heavy atom. The zero-order valence-corrected chi connectivity index (χ0v) is 12.0. The van der Waals surface area contributed by atoms with Crippen molar-refractivity contribution in [2.24, 2.45) is 0 Å². The molecular weight excluding hydrogens is 274 g/mol. The third-order valence-electron chi connectivity index (χ3n) is 3.77. The summed E-state index contributed by atoms with van der Waals surface area (Å²) in [5.74, 6) is 0.831. The number of rotatable bonds is 4. The average Bonchev–Trinajstić information content (AvgIpc) is 2.99. The van der Waals surface area contributed by atoms with Crippen LogP contribution < -0.4 is 5.32 Å². The second-order valence-corrected chi connectivity index (χ2v) is 5.13. The number of pyridine rings is 1. The number of fused-ring (bicyclic) bond motifs is 2. The predicted octanol–water partition coefficient (Wildman–Crippen LogP) is 3.16. The molecule has 0 unspecified atom stereocenters. The molecule has 0 spiro atoms. The highest BCUT2D eigenvalue weighted by molar-refractivity contribution is 5.86. The van der Waals surface area contributed by atoms with Crippen LogP contribution in [-0.4, -0.2) is 26.5 Å². The van der Waals surface area contributed by atoms with E-state index >= 15 is 0 Å². The number of benzene rings is 1. The molecule has 0 aliphatic carbocycles. The van der Waals surface area contributed by atoms with Crippen LogP contribution in [0.3, 0.4) is 0 Å². The number of hydrogen-bond donors (Lipinski definition) is 2. The lowest BCUT2D eigenvalue weighted by molar-refractivity contribution is 1.01. The van der Waals surface area contributed by atoms with Crippen molar-refractivity contribution in [3.63, 3.8) is 0 Å². The maximum Gasteiger partial charge on any atom is 0.164 e. The van der Waals surface area contributed by atoms with Gasteiger partial charge in [0.15, 0.2) is 5.65 Å². The van der Waals surface area contributed by atoms with Gasteiger partial charge in [-0.25, -0.2) is 15.0 Å². The number of para-hydroxylation sites is 1. The zero-order chi connectivity index (χ0) is 14.8. The Bertz CT molecular complexity index is 923. The number of H-pyrrole nitrogens is 1. The van der Waals surface area contributed by atoms with Crippen molar-refractivity contribution in [2.75, 3.05) is 11.9 Å². The first-order chi connectivity index (χ1) is 10.9. The molecule has 108 valence electrons. The molecule has 0 amide bonds. The van der Waals surface area contributed by atoms with Crippen molar-refractivity contribution < 1.29 is 0 Å². The summed E-state index contributed by atoms with van der Waals surface area (Å²) in [5, 5.41) is 5.61. The third kappa shape index (κ3) is 2.26. The van der Waals surface area contributed by atoms with E-state index in [2.05, 4.69) is 49.6 Å². The van der Waals surface area contributed by atoms with Gasteiger partial charge < -0.3 is 10.3 Å². The first-order valence-corrected chi connectivity index (χ1v) is 7.26. The first-order valence-electron chi connectivity index (χ1n) is 7.26. The number of aromatic amines is 1. The molecule has 3 aromatic heterocycles. The van der Waals surface area contributed by atoms with Crippen LogP contribution in [0.4, 0.5) is 5.82 Å². The summed E-state index contributed by atoms with van der Waals surface area (Å²) in [6.45, 7) is 0.808. The molecule has 4 aromatic rings. The van der Waals surface area contributed by atoms with Crippen LogP contribution in [0.2, 0.25) is 0 Å². The molecule has 4 rings (SSSR count). The molecule has 22 heavy (non-hydrogen) atoms. The Morgan fingerprint density at radius 1 is 0.955 bits per heavy atom. The van der Waals surface area contributed by atoms with E-state index in [9.17, 15) is 0 Å². The van der Waals surface area contributed by atoms with Gasteiger partial charge in [0.05, 0.1) is 5.39 Å². The Kier molecular flexibility index (Phi) is 3.16. The highest BCUT2D eigenvalue weighted by atomic mass is 15.0. The van der Waals surface area contributed by atoms with Gasteiger partial charge in [-0.1, -0.05) is 18.2 Å². The molecule has 0 atom stereocenters. The van der Waals surface area contributed by atoms with E-state index in [0.29, 0.717) is 5.65 Å². The fourth-order valence-electron chi connectivity index (χ4n) is 2.69. The number of nitrogens with one attached hydrogen (secondary N) is 2. The van der Waals surface area contributed by atoms with E-state index in [1.165, 1.54) is 16.5 Å². The van der Waals surface area contributed by atoms with E-state index < -0.39 is 0 Å². The Morgan fingerprint density at radius 2 is 1.86 bits per heavy atom. The first kappa shape index (κ1) is 12.8. The summed E-state index contributed by atoms with van der Waals surface area (Å²) >= 11 is 0. The third-order valence-corrected chi connectivity index (χ3v) is 3.77. The summed E-state index contributed by atoms with van der Waals surface area (Å²) in [5.41, 5.74) is 3.20. The van der Waals surface area contributed by atoms with Crippen molar-refractivity contribution in [3.8, 4) is 0 Å². The van der Waals surface area contributed by atoms with Gasteiger partial charge in [0.2, 0.25) is 0 Å². The second kappa shape index (κ2) is 5.44. The lowest BCUT2D eigenvalue weighted by Gasteiger charge is -2.07. The maximum absolute atomic E-state index is 4.32. The number of aromatic nitrogens is 4. The van der Waals surface area contributed by atoms with Crippen LogP contribution >= 0.6 is 0 Å². The monoisotopic (exact) mass is 289 g/mol. The molecule has 0 saturated carbocycles. The second-order valence-electron chi connectivity index (χ2n) is 5.13. The predicted molar refractivity (Wildman–Crippen MR) is 87.8 cm³/mol. The van der Waals surface area contributed by atoms with Crippen LogP contribution in [0.15, 0.2) is 55.1 Å². The summed E-state index contributed by atoms with van der Waals surface area (Å²) in [4.78, 5) is 16.0. The topological polar surface area (TPSA) is 66.5 Å². The van der Waals surface area contributed by atoms with Gasteiger partial charge in [0.25, 0.3) is 0 Å². The van der Waals surface area contributed by atoms with Gasteiger partial charge in [-0.2, -0.15) is 0 Å². The van der Waals surface area contributed by atoms with Crippen LogP contribution in [0, 0.1) is 0 Å². The van der Waals surface area contributed by atoms with E-state index in [0.717, 1.165) is 24.2 Å². The van der Waals surface area contributed by atoms with Crippen molar-refractivity contribution in [3.05, 3.63) is 60.7 Å². The summed E-state index contributed by atoms with van der Waals surface area (Å²) in [7, 11) is 0. The molecule has 0 aliphatic rings. The summed E-state index contributed by atoms with van der Waals surface area (Å²) in [6, 6.07) is 12.2. The minimum Gasteiger partial charge on any atom is -0.369 e. The SMILES string of the molecule is c1ccc2c(CCNc3ncnc4ncccc34)c[nH]c2c1. The van der Waals surface area contributed by atoms with E-state index in [-0.39, 0.29) is 0 Å². The molecule has 2 N–H and O–H groups in total. The molecule has 5 heteroatoms. The van der Waals surface area contributed by atoms with Crippen LogP contribution in [-0.2, 0) is 6.42 Å². The van der Waals surface area contributed by atoms with E-state index in [1.807, 2.05) is 18.2 Å². The van der Waals surface area contributed by atoms with Gasteiger partial charge in [0.1, 0.15) is 12.1 Å². The lowest BCUT2D eigenvalue weighted by Crippen LogP contribution is -2.07. The number of nitrogens with zero attached hydrogens (tertiary/aromatic N) is 3. The van der Waals surface area contributed by atoms with E-state index in [4.69, 9.17) is 0 Å². The van der Waals surface area contributed by atoms with E-state index in [1.54, 1.807) is 12.5 Å². The minimum atomic E-state index is 0.715. The average molecular weight is 289 g/mol. The van der Waals surface area contributed by atoms with Crippen molar-refractivity contribution in [1.82, 2.24) is 19.9 Å². The van der Waals surface area contributed by atoms with Crippen molar-refractivity contribution in [1.29, 1.82) is 0 Å². The maximum atomic E-state index is 4.32. The largest absolute Gasteiger partial charge is 0.369 e. The number of hydrogen-bond acceptors (Lipinski definition) is 4. The van der Waals surface area contributed by atoms with Crippen molar-refractivity contribution >= 4 is 27.8 Å². The van der Waals surface area contributed by atoms with Gasteiger partial charge in [0, 0.05) is 29.8 Å². The van der Waals surface area contributed by atoms with Gasteiger partial charge >= 0.3 is 0 Å². The standard InChI is InChI=1S/C17H15N5/c1-2-6-15-13(4-1)12(10-20-15)7-9-19-17-14-5-3-8-18-16(14)21-11-22-17/h1-6,8,10-11,20H,7,9H2,(H,18,19,21,22). The fourth-order valence-corrected chi connectivity index (χ4v) is 2.69. The molecule has 3 heterocycles. The van der Waals surface area contributed by atoms with Crippen LogP contribution in [0.5, 0.6) is 0 Å². The zero-order valence-electron chi connectivity index (χ0n) is 12.0. The van der Waals surface area contributed by atoms with Crippen LogP contribution in [0.25, 0.3) is 21.9 Å². The molecule has 1 aromatic carbocycles. The molecule has 0 fully saturated rings. The lowest BCUT2D eigenvalue weighted by atomic mass is 10.1. The van der Waals surface area contributed by atoms with Gasteiger partial charge in [-0.15, -0.1) is 0 Å². The number of anilines is 1. The highest BCUT2D eigenvalue weighted by Crippen LogP contribution is 2.19. The fraction of sp³-hybridized carbons (Fsp3) is 0.118. The smallest absolute Gasteiger partial charge is 0.164 e. The summed E-state index contributed by atoms with van der Waals surface area (Å²) in [6.07, 6.45) is 6.29. The van der Waals surface area contributed by atoms with Gasteiger partial charge in [-0.05, 0) is 30.2 Å². The quantitative estimate of drug-likeness (QED) is 0.605. The highest BCUT2D eigenvalue weighted by Gasteiger charge is 2.05. The Balaban J connectivity index is 1.53. The summed E-state index contributed by atoms with van der Waals surface area (Å²) < 4.78 is 0.